The van der Waals surface area contributed by atoms with Crippen molar-refractivity contribution in [1.82, 2.24) is 4.31 Å². The number of anilines is 1. The van der Waals surface area contributed by atoms with Crippen molar-refractivity contribution >= 4 is 32.3 Å². The molecule has 0 N–H and O–H groups in total. The van der Waals surface area contributed by atoms with Crippen molar-refractivity contribution in [3.63, 3.8) is 0 Å². The first kappa shape index (κ1) is 14.7. The normalized spacial score (nSPS) is 29.9. The summed E-state index contributed by atoms with van der Waals surface area (Å²) >= 11 is 1.63. The number of aryl methyl sites for hydroxylation is 1. The van der Waals surface area contributed by atoms with Crippen LogP contribution >= 0.6 is 11.3 Å². The fourth-order valence-corrected chi connectivity index (χ4v) is 6.46. The van der Waals surface area contributed by atoms with E-state index in [0.717, 1.165) is 24.3 Å². The number of carbonyl (C=O) groups excluding carboxylic acids is 1. The smallest absolute Gasteiger partial charge is 0.228 e. The van der Waals surface area contributed by atoms with Crippen molar-refractivity contribution in [2.75, 3.05) is 24.5 Å². The van der Waals surface area contributed by atoms with Gasteiger partial charge >= 0.3 is 0 Å². The topological polar surface area (TPSA) is 57.7 Å². The molecule has 0 aromatic carbocycles. The Balaban J connectivity index is 1.53. The molecule has 1 aromatic heterocycles. The summed E-state index contributed by atoms with van der Waals surface area (Å²) in [5.74, 6) is 0.132. The van der Waals surface area contributed by atoms with E-state index in [1.165, 1.54) is 4.88 Å². The number of rotatable bonds is 3. The van der Waals surface area contributed by atoms with Crippen LogP contribution in [0.2, 0.25) is 0 Å². The lowest BCUT2D eigenvalue weighted by Crippen LogP contribution is -2.35. The lowest BCUT2D eigenvalue weighted by molar-refractivity contribution is -0.117. The number of hydrogen-bond acceptors (Lipinski definition) is 4. The maximum atomic E-state index is 12.4. The zero-order chi connectivity index (χ0) is 15.5. The standard InChI is InChI=1S/C15H20N2O3S2/c1-11-2-5-14(21-11)17-10-15(8-13(17)18)6-7-16(9-15)22(19,20)12-3-4-12/h2,5,12H,3-4,6-10H2,1H3/t15-/m1/s1. The number of hydrogen-bond donors (Lipinski definition) is 0. The summed E-state index contributed by atoms with van der Waals surface area (Å²) in [6.07, 6.45) is 2.86. The minimum atomic E-state index is -3.12. The van der Waals surface area contributed by atoms with Crippen molar-refractivity contribution in [1.29, 1.82) is 0 Å². The van der Waals surface area contributed by atoms with Gasteiger partial charge in [0, 0.05) is 36.3 Å². The zero-order valence-electron chi connectivity index (χ0n) is 12.6. The Kier molecular flexibility index (Phi) is 3.19. The van der Waals surface area contributed by atoms with Gasteiger partial charge in [0.25, 0.3) is 0 Å². The van der Waals surface area contributed by atoms with E-state index in [4.69, 9.17) is 0 Å². The molecular formula is C15H20N2O3S2. The van der Waals surface area contributed by atoms with Crippen molar-refractivity contribution in [3.05, 3.63) is 17.0 Å². The van der Waals surface area contributed by atoms with E-state index in [1.807, 2.05) is 24.0 Å². The first-order valence-corrected chi connectivity index (χ1v) is 10.1. The van der Waals surface area contributed by atoms with Crippen LogP contribution in [0.4, 0.5) is 5.00 Å². The molecular weight excluding hydrogens is 320 g/mol. The van der Waals surface area contributed by atoms with E-state index in [0.29, 0.717) is 26.1 Å². The monoisotopic (exact) mass is 340 g/mol. The second-order valence-corrected chi connectivity index (χ2v) is 10.3. The van der Waals surface area contributed by atoms with E-state index in [2.05, 4.69) is 0 Å². The highest BCUT2D eigenvalue weighted by molar-refractivity contribution is 7.90. The molecule has 2 saturated heterocycles. The van der Waals surface area contributed by atoms with Gasteiger partial charge in [-0.15, -0.1) is 11.3 Å². The van der Waals surface area contributed by atoms with Gasteiger partial charge < -0.3 is 4.90 Å². The van der Waals surface area contributed by atoms with Crippen LogP contribution in [0.25, 0.3) is 0 Å². The van der Waals surface area contributed by atoms with E-state index < -0.39 is 10.0 Å². The van der Waals surface area contributed by atoms with Gasteiger partial charge in [-0.2, -0.15) is 0 Å². The highest BCUT2D eigenvalue weighted by Crippen LogP contribution is 2.45. The van der Waals surface area contributed by atoms with Crippen LogP contribution in [0.15, 0.2) is 12.1 Å². The van der Waals surface area contributed by atoms with Crippen molar-refractivity contribution in [2.24, 2.45) is 5.41 Å². The average Bonchev–Trinajstić information content (AvgIpc) is 3.00. The fraction of sp³-hybridized carbons (Fsp3) is 0.667. The average molecular weight is 340 g/mol. The zero-order valence-corrected chi connectivity index (χ0v) is 14.3. The third kappa shape index (κ3) is 2.30. The summed E-state index contributed by atoms with van der Waals surface area (Å²) in [4.78, 5) is 15.5. The molecule has 2 aliphatic heterocycles. The Bertz CT molecular complexity index is 723. The highest BCUT2D eigenvalue weighted by atomic mass is 32.2. The van der Waals surface area contributed by atoms with Gasteiger partial charge in [-0.25, -0.2) is 12.7 Å². The third-order valence-corrected chi connectivity index (χ3v) is 8.39. The van der Waals surface area contributed by atoms with E-state index in [-0.39, 0.29) is 16.6 Å². The number of amides is 1. The molecule has 1 amide bonds. The molecule has 7 heteroatoms. The molecule has 3 aliphatic rings. The Morgan fingerprint density at radius 3 is 2.68 bits per heavy atom. The SMILES string of the molecule is Cc1ccc(N2C[C@]3(CCN(S(=O)(=O)C4CC4)C3)CC2=O)s1. The summed E-state index contributed by atoms with van der Waals surface area (Å²) in [6, 6.07) is 4.02. The van der Waals surface area contributed by atoms with Gasteiger partial charge in [-0.05, 0) is 38.3 Å². The minimum Gasteiger partial charge on any atom is -0.303 e. The summed E-state index contributed by atoms with van der Waals surface area (Å²) < 4.78 is 26.4. The molecule has 120 valence electrons. The molecule has 1 atom stereocenters. The van der Waals surface area contributed by atoms with E-state index in [9.17, 15) is 13.2 Å². The number of sulfonamides is 1. The lowest BCUT2D eigenvalue weighted by atomic mass is 9.86. The summed E-state index contributed by atoms with van der Waals surface area (Å²) in [6.45, 7) is 3.77. The first-order valence-electron chi connectivity index (χ1n) is 7.75. The van der Waals surface area contributed by atoms with Crippen LogP contribution in [0, 0.1) is 12.3 Å². The molecule has 0 radical (unpaired) electrons. The molecule has 1 saturated carbocycles. The van der Waals surface area contributed by atoms with Gasteiger partial charge in [-0.1, -0.05) is 0 Å². The molecule has 3 heterocycles. The van der Waals surface area contributed by atoms with Gasteiger partial charge in [0.15, 0.2) is 0 Å². The maximum absolute atomic E-state index is 12.4. The van der Waals surface area contributed by atoms with Crippen LogP contribution in [0.1, 0.15) is 30.6 Å². The highest BCUT2D eigenvalue weighted by Gasteiger charge is 2.52. The molecule has 0 unspecified atom stereocenters. The summed E-state index contributed by atoms with van der Waals surface area (Å²) in [5, 5.41) is 0.832. The predicted octanol–water partition coefficient (Wildman–Crippen LogP) is 1.98. The van der Waals surface area contributed by atoms with Gasteiger partial charge in [-0.3, -0.25) is 4.79 Å². The molecule has 3 fully saturated rings. The van der Waals surface area contributed by atoms with Gasteiger partial charge in [0.1, 0.15) is 0 Å². The summed E-state index contributed by atoms with van der Waals surface area (Å²) in [7, 11) is -3.12. The molecule has 1 aliphatic carbocycles. The van der Waals surface area contributed by atoms with Crippen molar-refractivity contribution < 1.29 is 13.2 Å². The van der Waals surface area contributed by atoms with Crippen LogP contribution in [-0.2, 0) is 14.8 Å². The van der Waals surface area contributed by atoms with Crippen LogP contribution in [-0.4, -0.2) is 43.5 Å². The molecule has 1 aromatic rings. The van der Waals surface area contributed by atoms with Crippen molar-refractivity contribution in [2.45, 2.75) is 37.9 Å². The van der Waals surface area contributed by atoms with E-state index in [1.54, 1.807) is 15.6 Å². The molecule has 1 spiro atoms. The molecule has 22 heavy (non-hydrogen) atoms. The minimum absolute atomic E-state index is 0.132. The summed E-state index contributed by atoms with van der Waals surface area (Å²) in [5.41, 5.74) is -0.184. The second-order valence-electron chi connectivity index (χ2n) is 6.87. The predicted molar refractivity (Wildman–Crippen MR) is 86.6 cm³/mol. The first-order chi connectivity index (χ1) is 10.4. The number of thiophene rings is 1. The molecule has 0 bridgehead atoms. The molecule has 4 rings (SSSR count). The second kappa shape index (κ2) is 4.79. The van der Waals surface area contributed by atoms with E-state index >= 15 is 0 Å². The molecule has 5 nitrogen and oxygen atoms in total. The van der Waals surface area contributed by atoms with Crippen LogP contribution < -0.4 is 4.90 Å². The quantitative estimate of drug-likeness (QED) is 0.845. The Morgan fingerprint density at radius 2 is 2.05 bits per heavy atom. The Morgan fingerprint density at radius 1 is 1.27 bits per heavy atom. The van der Waals surface area contributed by atoms with Crippen LogP contribution in [0.3, 0.4) is 0 Å². The lowest BCUT2D eigenvalue weighted by Gasteiger charge is -2.23. The number of nitrogens with zero attached hydrogens (tertiary/aromatic N) is 2. The Hall–Kier alpha value is -0.920. The maximum Gasteiger partial charge on any atom is 0.228 e. The third-order valence-electron chi connectivity index (χ3n) is 5.02. The van der Waals surface area contributed by atoms with Crippen LogP contribution in [0.5, 0.6) is 0 Å². The van der Waals surface area contributed by atoms with Gasteiger partial charge in [0.05, 0.1) is 10.3 Å². The largest absolute Gasteiger partial charge is 0.303 e. The fourth-order valence-electron chi connectivity index (χ4n) is 3.62. The number of carbonyl (C=O) groups is 1. The van der Waals surface area contributed by atoms with Crippen molar-refractivity contribution in [3.8, 4) is 0 Å². The van der Waals surface area contributed by atoms with Gasteiger partial charge in [0.2, 0.25) is 15.9 Å². The Labute approximate surface area is 135 Å².